The molecule has 0 N–H and O–H groups in total. The molecule has 0 spiro atoms. The van der Waals surface area contributed by atoms with Gasteiger partial charge in [-0.1, -0.05) is 17.7 Å². The topological polar surface area (TPSA) is 52.8 Å². The number of rotatable bonds is 3. The van der Waals surface area contributed by atoms with Crippen molar-refractivity contribution in [2.75, 3.05) is 0 Å². The van der Waals surface area contributed by atoms with Crippen LogP contribution in [0.15, 0.2) is 18.2 Å². The van der Waals surface area contributed by atoms with Gasteiger partial charge in [-0.15, -0.1) is 10.2 Å². The highest BCUT2D eigenvalue weighted by molar-refractivity contribution is 6.30. The van der Waals surface area contributed by atoms with Crippen molar-refractivity contribution in [1.82, 2.24) is 20.2 Å². The minimum absolute atomic E-state index is 0.287. The molecule has 84 valence electrons. The fourth-order valence-corrected chi connectivity index (χ4v) is 1.41. The first-order chi connectivity index (χ1) is 7.65. The maximum absolute atomic E-state index is 5.87. The second kappa shape index (κ2) is 4.49. The van der Waals surface area contributed by atoms with Crippen molar-refractivity contribution in [3.05, 3.63) is 34.6 Å². The van der Waals surface area contributed by atoms with Gasteiger partial charge in [0.2, 0.25) is 5.82 Å². The van der Waals surface area contributed by atoms with E-state index in [1.807, 2.05) is 19.1 Å². The number of aromatic nitrogens is 4. The molecule has 0 aliphatic carbocycles. The maximum Gasteiger partial charge on any atom is 0.212 e. The van der Waals surface area contributed by atoms with Crippen LogP contribution >= 0.6 is 11.6 Å². The predicted octanol–water partition coefficient (Wildman–Crippen LogP) is 1.75. The number of hydrogen-bond donors (Lipinski definition) is 0. The number of aryl methyl sites for hydroxylation is 2. The average molecular weight is 239 g/mol. The van der Waals surface area contributed by atoms with Gasteiger partial charge in [0.25, 0.3) is 0 Å². The van der Waals surface area contributed by atoms with Crippen LogP contribution in [-0.4, -0.2) is 20.2 Å². The zero-order chi connectivity index (χ0) is 11.5. The third-order valence-electron chi connectivity index (χ3n) is 2.06. The summed E-state index contributed by atoms with van der Waals surface area (Å²) < 4.78 is 5.55. The number of benzene rings is 1. The molecule has 0 unspecified atom stereocenters. The van der Waals surface area contributed by atoms with Crippen LogP contribution in [0.5, 0.6) is 5.75 Å². The van der Waals surface area contributed by atoms with Crippen LogP contribution in [0.1, 0.15) is 11.4 Å². The highest BCUT2D eigenvalue weighted by Gasteiger charge is 2.04. The second-order valence-corrected chi connectivity index (χ2v) is 3.83. The fourth-order valence-electron chi connectivity index (χ4n) is 1.25. The highest BCUT2D eigenvalue weighted by atomic mass is 35.5. The van der Waals surface area contributed by atoms with Gasteiger partial charge in [-0.3, -0.25) is 0 Å². The molecule has 6 heteroatoms. The van der Waals surface area contributed by atoms with Gasteiger partial charge in [-0.05, 0) is 29.8 Å². The first-order valence-electron chi connectivity index (χ1n) is 4.77. The Labute approximate surface area is 98.0 Å². The van der Waals surface area contributed by atoms with E-state index >= 15 is 0 Å². The van der Waals surface area contributed by atoms with Gasteiger partial charge in [0, 0.05) is 5.02 Å². The van der Waals surface area contributed by atoms with Crippen LogP contribution in [0.4, 0.5) is 0 Å². The van der Waals surface area contributed by atoms with E-state index < -0.39 is 0 Å². The van der Waals surface area contributed by atoms with E-state index in [9.17, 15) is 0 Å². The zero-order valence-electron chi connectivity index (χ0n) is 9.01. The Morgan fingerprint density at radius 3 is 2.94 bits per heavy atom. The molecule has 0 fully saturated rings. The summed E-state index contributed by atoms with van der Waals surface area (Å²) in [5.74, 6) is 1.28. The molecule has 1 heterocycles. The SMILES string of the molecule is Cc1ccc(Cl)cc1OCc1nnn(C)n1. The molecule has 16 heavy (non-hydrogen) atoms. The average Bonchev–Trinajstić information content (AvgIpc) is 2.66. The molecule has 0 amide bonds. The molecule has 5 nitrogen and oxygen atoms in total. The molecule has 1 aromatic heterocycles. The predicted molar refractivity (Wildman–Crippen MR) is 59.3 cm³/mol. The Kier molecular flexibility index (Phi) is 3.05. The summed E-state index contributed by atoms with van der Waals surface area (Å²) in [7, 11) is 1.71. The molecule has 2 rings (SSSR count). The molecule has 0 radical (unpaired) electrons. The van der Waals surface area contributed by atoms with Gasteiger partial charge < -0.3 is 4.74 Å². The number of tetrazole rings is 1. The van der Waals surface area contributed by atoms with E-state index in [1.54, 1.807) is 13.1 Å². The largest absolute Gasteiger partial charge is 0.485 e. The van der Waals surface area contributed by atoms with E-state index in [1.165, 1.54) is 4.80 Å². The summed E-state index contributed by atoms with van der Waals surface area (Å²) >= 11 is 5.87. The quantitative estimate of drug-likeness (QED) is 0.818. The molecular formula is C10H11ClN4O. The zero-order valence-corrected chi connectivity index (χ0v) is 9.77. The molecule has 2 aromatic rings. The Hall–Kier alpha value is -1.62. The van der Waals surface area contributed by atoms with Gasteiger partial charge in [0.15, 0.2) is 6.61 Å². The van der Waals surface area contributed by atoms with Crippen LogP contribution in [0.25, 0.3) is 0 Å². The highest BCUT2D eigenvalue weighted by Crippen LogP contribution is 2.22. The van der Waals surface area contributed by atoms with Crippen molar-refractivity contribution in [2.45, 2.75) is 13.5 Å². The van der Waals surface area contributed by atoms with Crippen LogP contribution in [0.2, 0.25) is 5.02 Å². The Morgan fingerprint density at radius 1 is 1.44 bits per heavy atom. The van der Waals surface area contributed by atoms with Gasteiger partial charge in [-0.2, -0.15) is 4.80 Å². The summed E-state index contributed by atoms with van der Waals surface area (Å²) in [5.41, 5.74) is 1.02. The number of nitrogens with zero attached hydrogens (tertiary/aromatic N) is 4. The van der Waals surface area contributed by atoms with E-state index in [0.29, 0.717) is 10.8 Å². The monoisotopic (exact) mass is 238 g/mol. The van der Waals surface area contributed by atoms with Gasteiger partial charge in [0.05, 0.1) is 7.05 Å². The van der Waals surface area contributed by atoms with Crippen molar-refractivity contribution < 1.29 is 4.74 Å². The molecule has 0 bridgehead atoms. The van der Waals surface area contributed by atoms with Crippen LogP contribution in [0, 0.1) is 6.92 Å². The molecular weight excluding hydrogens is 228 g/mol. The summed E-state index contributed by atoms with van der Waals surface area (Å²) in [6.07, 6.45) is 0. The Morgan fingerprint density at radius 2 is 2.25 bits per heavy atom. The molecule has 0 saturated carbocycles. The van der Waals surface area contributed by atoms with Gasteiger partial charge >= 0.3 is 0 Å². The lowest BCUT2D eigenvalue weighted by atomic mass is 10.2. The van der Waals surface area contributed by atoms with E-state index in [4.69, 9.17) is 16.3 Å². The number of hydrogen-bond acceptors (Lipinski definition) is 4. The molecule has 0 aliphatic rings. The standard InChI is InChI=1S/C10H11ClN4O/c1-7-3-4-8(11)5-9(7)16-6-10-12-14-15(2)13-10/h3-5H,6H2,1-2H3. The lowest BCUT2D eigenvalue weighted by Crippen LogP contribution is -2.00. The van der Waals surface area contributed by atoms with E-state index in [-0.39, 0.29) is 6.61 Å². The van der Waals surface area contributed by atoms with Crippen LogP contribution < -0.4 is 4.74 Å². The molecule has 0 aliphatic heterocycles. The summed E-state index contributed by atoms with van der Waals surface area (Å²) in [6, 6.07) is 5.50. The van der Waals surface area contributed by atoms with Gasteiger partial charge in [0.1, 0.15) is 5.75 Å². The van der Waals surface area contributed by atoms with E-state index in [2.05, 4.69) is 15.4 Å². The lowest BCUT2D eigenvalue weighted by Gasteiger charge is -2.06. The Balaban J connectivity index is 2.07. The third kappa shape index (κ3) is 2.49. The van der Waals surface area contributed by atoms with Crippen molar-refractivity contribution in [1.29, 1.82) is 0 Å². The van der Waals surface area contributed by atoms with Crippen molar-refractivity contribution in [3.63, 3.8) is 0 Å². The summed E-state index contributed by atoms with van der Waals surface area (Å²) in [5, 5.41) is 12.2. The maximum atomic E-state index is 5.87. The van der Waals surface area contributed by atoms with Crippen molar-refractivity contribution >= 4 is 11.6 Å². The first-order valence-corrected chi connectivity index (χ1v) is 5.15. The minimum Gasteiger partial charge on any atom is -0.485 e. The summed E-state index contributed by atoms with van der Waals surface area (Å²) in [4.78, 5) is 1.39. The van der Waals surface area contributed by atoms with Crippen LogP contribution in [0.3, 0.4) is 0 Å². The van der Waals surface area contributed by atoms with Crippen molar-refractivity contribution in [2.24, 2.45) is 7.05 Å². The lowest BCUT2D eigenvalue weighted by molar-refractivity contribution is 0.293. The second-order valence-electron chi connectivity index (χ2n) is 3.39. The fraction of sp³-hybridized carbons (Fsp3) is 0.300. The molecule has 0 saturated heterocycles. The Bertz CT molecular complexity index is 497. The number of ether oxygens (including phenoxy) is 1. The van der Waals surface area contributed by atoms with Gasteiger partial charge in [-0.25, -0.2) is 0 Å². The molecule has 0 atom stereocenters. The number of halogens is 1. The third-order valence-corrected chi connectivity index (χ3v) is 2.29. The smallest absolute Gasteiger partial charge is 0.212 e. The first kappa shape index (κ1) is 10.9. The van der Waals surface area contributed by atoms with Crippen LogP contribution in [-0.2, 0) is 13.7 Å². The normalized spacial score (nSPS) is 10.4. The van der Waals surface area contributed by atoms with Crippen molar-refractivity contribution in [3.8, 4) is 5.75 Å². The molecule has 1 aromatic carbocycles. The summed E-state index contributed by atoms with van der Waals surface area (Å²) in [6.45, 7) is 2.24. The van der Waals surface area contributed by atoms with E-state index in [0.717, 1.165) is 11.3 Å². The minimum atomic E-state index is 0.287.